The number of hydrogen-bond donors (Lipinski definition) is 1. The Morgan fingerprint density at radius 2 is 1.90 bits per heavy atom. The summed E-state index contributed by atoms with van der Waals surface area (Å²) in [6.07, 6.45) is 0.801. The van der Waals surface area contributed by atoms with Crippen LogP contribution in [0.4, 0.5) is 0 Å². The Morgan fingerprint density at radius 1 is 1.10 bits per heavy atom. The van der Waals surface area contributed by atoms with E-state index in [1.807, 2.05) is 18.2 Å². The molecular weight excluding hydrogens is 309 g/mol. The van der Waals surface area contributed by atoms with Crippen molar-refractivity contribution in [2.45, 2.75) is 24.3 Å². The van der Waals surface area contributed by atoms with Gasteiger partial charge >= 0.3 is 0 Å². The van der Waals surface area contributed by atoms with E-state index in [1.165, 1.54) is 10.5 Å². The summed E-state index contributed by atoms with van der Waals surface area (Å²) in [5.41, 5.74) is 8.58. The Kier molecular flexibility index (Phi) is 5.79. The van der Waals surface area contributed by atoms with Gasteiger partial charge in [0.25, 0.3) is 0 Å². The van der Waals surface area contributed by atoms with Crippen LogP contribution < -0.4 is 5.73 Å². The van der Waals surface area contributed by atoms with Gasteiger partial charge < -0.3 is 5.73 Å². The summed E-state index contributed by atoms with van der Waals surface area (Å²) in [7, 11) is 0. The predicted octanol–water partition coefficient (Wildman–Crippen LogP) is 4.96. The molecule has 2 aromatic carbocycles. The standard InChI is InChI=1S/C16H17Cl2NS/c1-11-3-2-4-14(7-11)20-10-13(19)8-12-5-6-15(17)16(18)9-12/h2-7,9,13H,8,10,19H2,1H3. The lowest BCUT2D eigenvalue weighted by Gasteiger charge is -2.12. The Labute approximate surface area is 134 Å². The van der Waals surface area contributed by atoms with Crippen molar-refractivity contribution in [2.75, 3.05) is 5.75 Å². The molecule has 0 aliphatic carbocycles. The second-order valence-corrected chi connectivity index (χ2v) is 6.75. The lowest BCUT2D eigenvalue weighted by atomic mass is 10.1. The van der Waals surface area contributed by atoms with Crippen molar-refractivity contribution in [3.8, 4) is 0 Å². The molecule has 2 rings (SSSR count). The largest absolute Gasteiger partial charge is 0.327 e. The van der Waals surface area contributed by atoms with Crippen molar-refractivity contribution in [3.63, 3.8) is 0 Å². The van der Waals surface area contributed by atoms with E-state index in [4.69, 9.17) is 28.9 Å². The fourth-order valence-electron chi connectivity index (χ4n) is 1.94. The highest BCUT2D eigenvalue weighted by molar-refractivity contribution is 7.99. The molecule has 4 heteroatoms. The quantitative estimate of drug-likeness (QED) is 0.786. The molecule has 0 aliphatic heterocycles. The number of halogens is 2. The number of nitrogens with two attached hydrogens (primary N) is 1. The first kappa shape index (κ1) is 15.7. The summed E-state index contributed by atoms with van der Waals surface area (Å²) in [4.78, 5) is 1.26. The third-order valence-electron chi connectivity index (χ3n) is 2.94. The zero-order valence-corrected chi connectivity index (χ0v) is 13.6. The van der Waals surface area contributed by atoms with Crippen molar-refractivity contribution in [1.29, 1.82) is 0 Å². The predicted molar refractivity (Wildman–Crippen MR) is 90.0 cm³/mol. The molecule has 0 aliphatic rings. The lowest BCUT2D eigenvalue weighted by molar-refractivity contribution is 0.749. The highest BCUT2D eigenvalue weighted by Crippen LogP contribution is 2.24. The highest BCUT2D eigenvalue weighted by Gasteiger charge is 2.07. The minimum atomic E-state index is 0.0951. The second kappa shape index (κ2) is 7.37. The van der Waals surface area contributed by atoms with Crippen molar-refractivity contribution in [3.05, 3.63) is 63.6 Å². The van der Waals surface area contributed by atoms with Crippen molar-refractivity contribution >= 4 is 35.0 Å². The second-order valence-electron chi connectivity index (χ2n) is 4.84. The summed E-state index contributed by atoms with van der Waals surface area (Å²) in [6.45, 7) is 2.10. The van der Waals surface area contributed by atoms with Gasteiger partial charge in [0.15, 0.2) is 0 Å². The number of hydrogen-bond acceptors (Lipinski definition) is 2. The highest BCUT2D eigenvalue weighted by atomic mass is 35.5. The van der Waals surface area contributed by atoms with Gasteiger partial charge in [0.1, 0.15) is 0 Å². The van der Waals surface area contributed by atoms with Gasteiger partial charge in [-0.05, 0) is 43.2 Å². The number of thioether (sulfide) groups is 1. The van der Waals surface area contributed by atoms with Crippen LogP contribution >= 0.6 is 35.0 Å². The van der Waals surface area contributed by atoms with Crippen LogP contribution in [0.3, 0.4) is 0 Å². The van der Waals surface area contributed by atoms with E-state index in [2.05, 4.69) is 31.2 Å². The van der Waals surface area contributed by atoms with E-state index in [1.54, 1.807) is 11.8 Å². The molecule has 1 atom stereocenters. The number of rotatable bonds is 5. The van der Waals surface area contributed by atoms with Gasteiger partial charge in [0.05, 0.1) is 10.0 Å². The lowest BCUT2D eigenvalue weighted by Crippen LogP contribution is -2.25. The average Bonchev–Trinajstić information content (AvgIpc) is 2.41. The monoisotopic (exact) mass is 325 g/mol. The van der Waals surface area contributed by atoms with E-state index in [9.17, 15) is 0 Å². The van der Waals surface area contributed by atoms with E-state index < -0.39 is 0 Å². The normalized spacial score (nSPS) is 12.4. The molecule has 0 amide bonds. The Hall–Kier alpha value is -0.670. The number of aryl methyl sites for hydroxylation is 1. The van der Waals surface area contributed by atoms with Gasteiger partial charge in [-0.1, -0.05) is 47.0 Å². The minimum Gasteiger partial charge on any atom is -0.327 e. The smallest absolute Gasteiger partial charge is 0.0595 e. The third-order valence-corrected chi connectivity index (χ3v) is 4.86. The van der Waals surface area contributed by atoms with Gasteiger partial charge in [0.2, 0.25) is 0 Å². The van der Waals surface area contributed by atoms with Gasteiger partial charge in [-0.25, -0.2) is 0 Å². The number of benzene rings is 2. The molecule has 0 bridgehead atoms. The molecule has 0 fully saturated rings. The van der Waals surface area contributed by atoms with Crippen LogP contribution in [0.5, 0.6) is 0 Å². The maximum Gasteiger partial charge on any atom is 0.0595 e. The Morgan fingerprint density at radius 3 is 2.60 bits per heavy atom. The molecule has 20 heavy (non-hydrogen) atoms. The first-order valence-corrected chi connectivity index (χ1v) is 8.18. The molecule has 1 unspecified atom stereocenters. The van der Waals surface area contributed by atoms with E-state index in [-0.39, 0.29) is 6.04 Å². The van der Waals surface area contributed by atoms with Gasteiger partial charge in [-0.2, -0.15) is 0 Å². The molecule has 0 heterocycles. The fourth-order valence-corrected chi connectivity index (χ4v) is 3.23. The van der Waals surface area contributed by atoms with Gasteiger partial charge in [-0.15, -0.1) is 11.8 Å². The van der Waals surface area contributed by atoms with Crippen molar-refractivity contribution < 1.29 is 0 Å². The summed E-state index contributed by atoms with van der Waals surface area (Å²) in [5, 5.41) is 1.17. The topological polar surface area (TPSA) is 26.0 Å². The van der Waals surface area contributed by atoms with E-state index in [0.717, 1.165) is 17.7 Å². The first-order valence-electron chi connectivity index (χ1n) is 6.43. The van der Waals surface area contributed by atoms with Crippen LogP contribution in [0.15, 0.2) is 47.4 Å². The SMILES string of the molecule is Cc1cccc(SCC(N)Cc2ccc(Cl)c(Cl)c2)c1. The average molecular weight is 326 g/mol. The molecule has 0 aromatic heterocycles. The van der Waals surface area contributed by atoms with Crippen LogP contribution in [0.1, 0.15) is 11.1 Å². The van der Waals surface area contributed by atoms with Gasteiger partial charge in [-0.3, -0.25) is 0 Å². The van der Waals surface area contributed by atoms with Crippen LogP contribution in [0, 0.1) is 6.92 Å². The van der Waals surface area contributed by atoms with Crippen LogP contribution in [0.25, 0.3) is 0 Å². The molecule has 2 N–H and O–H groups in total. The molecule has 0 spiro atoms. The molecule has 0 saturated carbocycles. The molecule has 1 nitrogen and oxygen atoms in total. The Bertz CT molecular complexity index is 586. The summed E-state index contributed by atoms with van der Waals surface area (Å²) in [6, 6.07) is 14.2. The van der Waals surface area contributed by atoms with Crippen LogP contribution in [-0.2, 0) is 6.42 Å². The van der Waals surface area contributed by atoms with E-state index >= 15 is 0 Å². The third kappa shape index (κ3) is 4.71. The zero-order chi connectivity index (χ0) is 14.5. The van der Waals surface area contributed by atoms with Crippen LogP contribution in [0.2, 0.25) is 10.0 Å². The Balaban J connectivity index is 1.89. The fraction of sp³-hybridized carbons (Fsp3) is 0.250. The minimum absolute atomic E-state index is 0.0951. The summed E-state index contributed by atoms with van der Waals surface area (Å²) in [5.74, 6) is 0.879. The maximum atomic E-state index is 6.18. The molecule has 2 aromatic rings. The van der Waals surface area contributed by atoms with Gasteiger partial charge in [0, 0.05) is 16.7 Å². The molecule has 0 radical (unpaired) electrons. The molecule has 0 saturated heterocycles. The zero-order valence-electron chi connectivity index (χ0n) is 11.3. The van der Waals surface area contributed by atoms with Crippen LogP contribution in [-0.4, -0.2) is 11.8 Å². The molecule has 106 valence electrons. The van der Waals surface area contributed by atoms with Crippen molar-refractivity contribution in [2.24, 2.45) is 5.73 Å². The summed E-state index contributed by atoms with van der Waals surface area (Å²) >= 11 is 13.7. The van der Waals surface area contributed by atoms with E-state index in [0.29, 0.717) is 10.0 Å². The summed E-state index contributed by atoms with van der Waals surface area (Å²) < 4.78 is 0. The first-order chi connectivity index (χ1) is 9.54. The van der Waals surface area contributed by atoms with Crippen molar-refractivity contribution in [1.82, 2.24) is 0 Å². The maximum absolute atomic E-state index is 6.18. The molecular formula is C16H17Cl2NS.